The Morgan fingerprint density at radius 2 is 1.75 bits per heavy atom. The van der Waals surface area contributed by atoms with Gasteiger partial charge in [0.1, 0.15) is 0 Å². The fourth-order valence-corrected chi connectivity index (χ4v) is 4.76. The Bertz CT molecular complexity index is 876. The number of nitrogens with zero attached hydrogens (tertiary/aromatic N) is 1. The van der Waals surface area contributed by atoms with E-state index in [4.69, 9.17) is 0 Å². The van der Waals surface area contributed by atoms with E-state index in [2.05, 4.69) is 18.0 Å². The SMILES string of the molecule is CCc1ccnc(CCCCCCC(C(=O)O)S(=O)(=O)c2ccc(C)cc2)c1. The molecule has 0 bridgehead atoms. The minimum atomic E-state index is -3.87. The number of hydrogen-bond donors (Lipinski definition) is 1. The maximum Gasteiger partial charge on any atom is 0.322 e. The molecule has 6 heteroatoms. The van der Waals surface area contributed by atoms with Crippen LogP contribution in [0.2, 0.25) is 0 Å². The number of carboxylic acids is 1. The van der Waals surface area contributed by atoms with Gasteiger partial charge in [0.2, 0.25) is 0 Å². The quantitative estimate of drug-likeness (QED) is 0.563. The summed E-state index contributed by atoms with van der Waals surface area (Å²) in [6.07, 6.45) is 7.11. The van der Waals surface area contributed by atoms with Gasteiger partial charge in [0.15, 0.2) is 15.1 Å². The minimum Gasteiger partial charge on any atom is -0.480 e. The zero-order chi connectivity index (χ0) is 20.6. The second-order valence-electron chi connectivity index (χ2n) is 7.15. The summed E-state index contributed by atoms with van der Waals surface area (Å²) in [7, 11) is -3.87. The predicted molar refractivity (Wildman–Crippen MR) is 110 cm³/mol. The van der Waals surface area contributed by atoms with Gasteiger partial charge in [0.25, 0.3) is 0 Å². The van der Waals surface area contributed by atoms with Crippen LogP contribution in [0.5, 0.6) is 0 Å². The molecule has 2 rings (SSSR count). The van der Waals surface area contributed by atoms with Gasteiger partial charge >= 0.3 is 5.97 Å². The maximum absolute atomic E-state index is 12.7. The van der Waals surface area contributed by atoms with Crippen LogP contribution in [0.25, 0.3) is 0 Å². The van der Waals surface area contributed by atoms with Crippen LogP contribution in [0.3, 0.4) is 0 Å². The molecule has 1 atom stereocenters. The van der Waals surface area contributed by atoms with Crippen molar-refractivity contribution in [3.8, 4) is 0 Å². The monoisotopic (exact) mass is 403 g/mol. The van der Waals surface area contributed by atoms with Gasteiger partial charge in [0, 0.05) is 11.9 Å². The fourth-order valence-electron chi connectivity index (χ4n) is 3.18. The Hall–Kier alpha value is -2.21. The van der Waals surface area contributed by atoms with E-state index >= 15 is 0 Å². The third-order valence-corrected chi connectivity index (χ3v) is 7.05. The highest BCUT2D eigenvalue weighted by Gasteiger charge is 2.33. The van der Waals surface area contributed by atoms with Crippen LogP contribution in [0.4, 0.5) is 0 Å². The lowest BCUT2D eigenvalue weighted by Gasteiger charge is -2.14. The van der Waals surface area contributed by atoms with Gasteiger partial charge in [-0.15, -0.1) is 0 Å². The number of aliphatic carboxylic acids is 1. The van der Waals surface area contributed by atoms with E-state index in [-0.39, 0.29) is 11.3 Å². The predicted octanol–water partition coefficient (Wildman–Crippen LogP) is 4.37. The topological polar surface area (TPSA) is 84.3 Å². The van der Waals surface area contributed by atoms with Crippen LogP contribution in [0, 0.1) is 6.92 Å². The van der Waals surface area contributed by atoms with Gasteiger partial charge in [-0.25, -0.2) is 8.42 Å². The number of unbranched alkanes of at least 4 members (excludes halogenated alkanes) is 3. The van der Waals surface area contributed by atoms with E-state index < -0.39 is 21.1 Å². The number of carboxylic acid groups (broad SMARTS) is 1. The van der Waals surface area contributed by atoms with E-state index in [1.807, 2.05) is 19.2 Å². The van der Waals surface area contributed by atoms with Crippen molar-refractivity contribution >= 4 is 15.8 Å². The van der Waals surface area contributed by atoms with Crippen molar-refractivity contribution in [2.45, 2.75) is 68.9 Å². The molecule has 0 amide bonds. The molecule has 0 aliphatic rings. The van der Waals surface area contributed by atoms with Crippen molar-refractivity contribution in [2.75, 3.05) is 0 Å². The van der Waals surface area contributed by atoms with Crippen LogP contribution in [-0.2, 0) is 27.5 Å². The fraction of sp³-hybridized carbons (Fsp3) is 0.455. The van der Waals surface area contributed by atoms with Crippen molar-refractivity contribution < 1.29 is 18.3 Å². The number of aryl methyl sites for hydroxylation is 3. The molecule has 1 N–H and O–H groups in total. The lowest BCUT2D eigenvalue weighted by atomic mass is 10.1. The Balaban J connectivity index is 1.83. The molecule has 5 nitrogen and oxygen atoms in total. The van der Waals surface area contributed by atoms with Crippen LogP contribution >= 0.6 is 0 Å². The van der Waals surface area contributed by atoms with Crippen molar-refractivity contribution in [3.05, 3.63) is 59.4 Å². The molecular formula is C22H29NO4S. The van der Waals surface area contributed by atoms with E-state index in [9.17, 15) is 18.3 Å². The maximum atomic E-state index is 12.7. The van der Waals surface area contributed by atoms with E-state index in [0.717, 1.165) is 43.4 Å². The highest BCUT2D eigenvalue weighted by molar-refractivity contribution is 7.92. The summed E-state index contributed by atoms with van der Waals surface area (Å²) in [6, 6.07) is 10.5. The zero-order valence-electron chi connectivity index (χ0n) is 16.6. The third-order valence-electron chi connectivity index (χ3n) is 4.94. The summed E-state index contributed by atoms with van der Waals surface area (Å²) in [5, 5.41) is 8.05. The van der Waals surface area contributed by atoms with Gasteiger partial charge < -0.3 is 5.11 Å². The lowest BCUT2D eigenvalue weighted by molar-refractivity contribution is -0.136. The van der Waals surface area contributed by atoms with E-state index in [1.54, 1.807) is 12.1 Å². The Morgan fingerprint density at radius 1 is 1.07 bits per heavy atom. The van der Waals surface area contributed by atoms with E-state index in [1.165, 1.54) is 17.7 Å². The van der Waals surface area contributed by atoms with Crippen molar-refractivity contribution in [3.63, 3.8) is 0 Å². The Kier molecular flexibility index (Phi) is 8.18. The Labute approximate surface area is 167 Å². The molecule has 28 heavy (non-hydrogen) atoms. The van der Waals surface area contributed by atoms with Gasteiger partial charge in [-0.05, 0) is 62.4 Å². The summed E-state index contributed by atoms with van der Waals surface area (Å²) in [6.45, 7) is 3.97. The van der Waals surface area contributed by atoms with Crippen molar-refractivity contribution in [1.29, 1.82) is 0 Å². The molecule has 0 saturated carbocycles. The summed E-state index contributed by atoms with van der Waals surface area (Å²) in [4.78, 5) is 16.0. The van der Waals surface area contributed by atoms with Crippen LogP contribution in [-0.4, -0.2) is 29.7 Å². The molecule has 2 aromatic rings. The molecule has 0 aliphatic heterocycles. The standard InChI is InChI=1S/C22H29NO4S/c1-3-18-14-15-23-19(16-18)8-6-4-5-7-9-21(22(24)25)28(26,27)20-12-10-17(2)11-13-20/h10-16,21H,3-9H2,1-2H3,(H,24,25). The number of pyridine rings is 1. The molecule has 1 aromatic heterocycles. The van der Waals surface area contributed by atoms with Gasteiger partial charge in [-0.2, -0.15) is 0 Å². The number of sulfone groups is 1. The second-order valence-corrected chi connectivity index (χ2v) is 9.28. The van der Waals surface area contributed by atoms with Gasteiger partial charge in [-0.1, -0.05) is 43.9 Å². The number of aromatic nitrogens is 1. The average molecular weight is 404 g/mol. The molecular weight excluding hydrogens is 374 g/mol. The van der Waals surface area contributed by atoms with Gasteiger partial charge in [0.05, 0.1) is 4.90 Å². The smallest absolute Gasteiger partial charge is 0.322 e. The minimum absolute atomic E-state index is 0.0763. The van der Waals surface area contributed by atoms with Crippen LogP contribution < -0.4 is 0 Å². The molecule has 1 aromatic carbocycles. The molecule has 0 saturated heterocycles. The third kappa shape index (κ3) is 6.16. The summed E-state index contributed by atoms with van der Waals surface area (Å²) in [5.74, 6) is -1.28. The van der Waals surface area contributed by atoms with Crippen molar-refractivity contribution in [2.24, 2.45) is 0 Å². The number of hydrogen-bond acceptors (Lipinski definition) is 4. The number of carbonyl (C=O) groups is 1. The Morgan fingerprint density at radius 3 is 2.39 bits per heavy atom. The molecule has 1 heterocycles. The van der Waals surface area contributed by atoms with Gasteiger partial charge in [-0.3, -0.25) is 9.78 Å². The molecule has 0 fully saturated rings. The highest BCUT2D eigenvalue weighted by Crippen LogP contribution is 2.22. The molecule has 152 valence electrons. The first-order chi connectivity index (χ1) is 13.3. The van der Waals surface area contributed by atoms with E-state index in [0.29, 0.717) is 6.42 Å². The zero-order valence-corrected chi connectivity index (χ0v) is 17.4. The largest absolute Gasteiger partial charge is 0.480 e. The number of benzene rings is 1. The summed E-state index contributed by atoms with van der Waals surface area (Å²) >= 11 is 0. The first kappa shape index (κ1) is 22.1. The molecule has 1 unspecified atom stereocenters. The van der Waals surface area contributed by atoms with Crippen LogP contribution in [0.1, 0.15) is 55.8 Å². The van der Waals surface area contributed by atoms with Crippen molar-refractivity contribution in [1.82, 2.24) is 4.98 Å². The first-order valence-corrected chi connectivity index (χ1v) is 11.4. The average Bonchev–Trinajstić information content (AvgIpc) is 2.67. The molecule has 0 spiro atoms. The van der Waals surface area contributed by atoms with Crippen LogP contribution in [0.15, 0.2) is 47.5 Å². The highest BCUT2D eigenvalue weighted by atomic mass is 32.2. The second kappa shape index (κ2) is 10.4. The number of rotatable bonds is 11. The summed E-state index contributed by atoms with van der Waals surface area (Å²) < 4.78 is 25.3. The lowest BCUT2D eigenvalue weighted by Crippen LogP contribution is -2.30. The molecule has 0 aliphatic carbocycles. The summed E-state index contributed by atoms with van der Waals surface area (Å²) in [5.41, 5.74) is 3.28. The normalized spacial score (nSPS) is 12.6. The first-order valence-electron chi connectivity index (χ1n) is 9.81. The molecule has 0 radical (unpaired) electrons.